The highest BCUT2D eigenvalue weighted by molar-refractivity contribution is 6.24. The molecule has 0 bridgehead atoms. The molecule has 0 aliphatic carbocycles. The standard InChI is InChI=1S/C28H31NO3/c1-20(2)18-27(23-12-16-25(32-4)17-13-23)29-28(30)26(22-8-6-5-7-9-22)19-21-10-14-24(31-3)15-11-21/h5-17,19-20,27H,18H2,1-4H3,(H,29,30)/b26-19+. The molecule has 0 saturated heterocycles. The zero-order chi connectivity index (χ0) is 22.9. The van der Waals surface area contributed by atoms with E-state index in [0.717, 1.165) is 34.6 Å². The van der Waals surface area contributed by atoms with E-state index in [0.29, 0.717) is 11.5 Å². The molecule has 0 heterocycles. The molecular weight excluding hydrogens is 398 g/mol. The molecule has 0 radical (unpaired) electrons. The summed E-state index contributed by atoms with van der Waals surface area (Å²) < 4.78 is 10.5. The third-order valence-electron chi connectivity index (χ3n) is 5.29. The van der Waals surface area contributed by atoms with Crippen LogP contribution in [-0.4, -0.2) is 20.1 Å². The molecule has 166 valence electrons. The first kappa shape index (κ1) is 23.1. The van der Waals surface area contributed by atoms with E-state index in [1.165, 1.54) is 0 Å². The Labute approximate surface area is 190 Å². The van der Waals surface area contributed by atoms with Gasteiger partial charge in [-0.15, -0.1) is 0 Å². The largest absolute Gasteiger partial charge is 0.497 e. The average Bonchev–Trinajstić information content (AvgIpc) is 2.82. The van der Waals surface area contributed by atoms with Crippen LogP contribution in [0.1, 0.15) is 43.0 Å². The van der Waals surface area contributed by atoms with Gasteiger partial charge < -0.3 is 14.8 Å². The molecule has 0 aromatic heterocycles. The van der Waals surface area contributed by atoms with Crippen molar-refractivity contribution in [2.24, 2.45) is 5.92 Å². The van der Waals surface area contributed by atoms with E-state index in [9.17, 15) is 4.79 Å². The topological polar surface area (TPSA) is 47.6 Å². The summed E-state index contributed by atoms with van der Waals surface area (Å²) in [5.74, 6) is 1.90. The Morgan fingerprint density at radius 2 is 1.41 bits per heavy atom. The van der Waals surface area contributed by atoms with Gasteiger partial charge in [0.15, 0.2) is 0 Å². The van der Waals surface area contributed by atoms with E-state index in [2.05, 4.69) is 19.2 Å². The van der Waals surface area contributed by atoms with Crippen LogP contribution in [0.2, 0.25) is 0 Å². The molecular formula is C28H31NO3. The Kier molecular flexibility index (Phi) is 8.09. The molecule has 3 rings (SSSR count). The van der Waals surface area contributed by atoms with Crippen molar-refractivity contribution in [2.45, 2.75) is 26.3 Å². The van der Waals surface area contributed by atoms with Crippen molar-refractivity contribution in [1.82, 2.24) is 5.32 Å². The molecule has 1 N–H and O–H groups in total. The minimum absolute atomic E-state index is 0.101. The lowest BCUT2D eigenvalue weighted by Gasteiger charge is -2.22. The summed E-state index contributed by atoms with van der Waals surface area (Å²) in [5, 5.41) is 3.27. The van der Waals surface area contributed by atoms with Crippen molar-refractivity contribution in [1.29, 1.82) is 0 Å². The zero-order valence-corrected chi connectivity index (χ0v) is 19.2. The molecule has 1 amide bonds. The first-order valence-electron chi connectivity index (χ1n) is 10.9. The second-order valence-corrected chi connectivity index (χ2v) is 8.13. The summed E-state index contributed by atoms with van der Waals surface area (Å²) >= 11 is 0. The first-order chi connectivity index (χ1) is 15.5. The van der Waals surface area contributed by atoms with Gasteiger partial charge in [-0.05, 0) is 59.4 Å². The Balaban J connectivity index is 1.93. The number of nitrogens with one attached hydrogen (secondary N) is 1. The van der Waals surface area contributed by atoms with Gasteiger partial charge >= 0.3 is 0 Å². The lowest BCUT2D eigenvalue weighted by molar-refractivity contribution is -0.116. The predicted octanol–water partition coefficient (Wildman–Crippen LogP) is 6.15. The van der Waals surface area contributed by atoms with Crippen molar-refractivity contribution in [3.63, 3.8) is 0 Å². The minimum atomic E-state index is -0.103. The number of carbonyl (C=O) groups excluding carboxylic acids is 1. The van der Waals surface area contributed by atoms with E-state index in [4.69, 9.17) is 9.47 Å². The molecule has 1 unspecified atom stereocenters. The zero-order valence-electron chi connectivity index (χ0n) is 19.2. The molecule has 0 aliphatic heterocycles. The summed E-state index contributed by atoms with van der Waals surface area (Å²) in [5.41, 5.74) is 3.49. The van der Waals surface area contributed by atoms with Crippen molar-refractivity contribution < 1.29 is 14.3 Å². The number of amides is 1. The maximum atomic E-state index is 13.5. The number of benzene rings is 3. The molecule has 3 aromatic carbocycles. The number of hydrogen-bond acceptors (Lipinski definition) is 3. The fraction of sp³-hybridized carbons (Fsp3) is 0.250. The lowest BCUT2D eigenvalue weighted by Crippen LogP contribution is -2.30. The summed E-state index contributed by atoms with van der Waals surface area (Å²) in [6.45, 7) is 4.32. The Bertz CT molecular complexity index is 1020. The quantitative estimate of drug-likeness (QED) is 0.328. The van der Waals surface area contributed by atoms with Crippen LogP contribution >= 0.6 is 0 Å². The van der Waals surface area contributed by atoms with Gasteiger partial charge in [0, 0.05) is 5.57 Å². The summed E-state index contributed by atoms with van der Waals surface area (Å²) in [4.78, 5) is 13.5. The Hall–Kier alpha value is -3.53. The number of ether oxygens (including phenoxy) is 2. The van der Waals surface area contributed by atoms with Crippen LogP contribution in [0.3, 0.4) is 0 Å². The van der Waals surface area contributed by atoms with Crippen molar-refractivity contribution >= 4 is 17.6 Å². The minimum Gasteiger partial charge on any atom is -0.497 e. The van der Waals surface area contributed by atoms with Gasteiger partial charge in [0.1, 0.15) is 11.5 Å². The number of carbonyl (C=O) groups is 1. The van der Waals surface area contributed by atoms with Crippen LogP contribution in [0, 0.1) is 5.92 Å². The molecule has 3 aromatic rings. The maximum absolute atomic E-state index is 13.5. The van der Waals surface area contributed by atoms with Crippen LogP contribution in [0.4, 0.5) is 0 Å². The maximum Gasteiger partial charge on any atom is 0.252 e. The van der Waals surface area contributed by atoms with Crippen LogP contribution in [-0.2, 0) is 4.79 Å². The molecule has 0 spiro atoms. The second kappa shape index (κ2) is 11.2. The molecule has 4 heteroatoms. The first-order valence-corrected chi connectivity index (χ1v) is 10.9. The third kappa shape index (κ3) is 6.24. The Morgan fingerprint density at radius 3 is 1.94 bits per heavy atom. The van der Waals surface area contributed by atoms with E-state index in [1.807, 2.05) is 84.9 Å². The molecule has 4 nitrogen and oxygen atoms in total. The van der Waals surface area contributed by atoms with Gasteiger partial charge in [0.05, 0.1) is 20.3 Å². The van der Waals surface area contributed by atoms with Crippen LogP contribution in [0.5, 0.6) is 11.5 Å². The van der Waals surface area contributed by atoms with Gasteiger partial charge in [-0.2, -0.15) is 0 Å². The van der Waals surface area contributed by atoms with Gasteiger partial charge in [-0.1, -0.05) is 68.4 Å². The van der Waals surface area contributed by atoms with E-state index in [1.54, 1.807) is 14.2 Å². The highest BCUT2D eigenvalue weighted by Crippen LogP contribution is 2.26. The molecule has 0 aliphatic rings. The highest BCUT2D eigenvalue weighted by atomic mass is 16.5. The van der Waals surface area contributed by atoms with Crippen LogP contribution in [0.15, 0.2) is 78.9 Å². The number of rotatable bonds is 9. The number of hydrogen-bond donors (Lipinski definition) is 1. The summed E-state index contributed by atoms with van der Waals surface area (Å²) in [6.07, 6.45) is 2.76. The van der Waals surface area contributed by atoms with Crippen LogP contribution in [0.25, 0.3) is 11.6 Å². The van der Waals surface area contributed by atoms with E-state index < -0.39 is 0 Å². The Morgan fingerprint density at radius 1 is 0.844 bits per heavy atom. The molecule has 32 heavy (non-hydrogen) atoms. The van der Waals surface area contributed by atoms with Crippen LogP contribution < -0.4 is 14.8 Å². The van der Waals surface area contributed by atoms with Crippen molar-refractivity contribution in [3.8, 4) is 11.5 Å². The molecule has 0 fully saturated rings. The monoisotopic (exact) mass is 429 g/mol. The normalized spacial score (nSPS) is 12.3. The molecule has 0 saturated carbocycles. The lowest BCUT2D eigenvalue weighted by atomic mass is 9.95. The summed E-state index contributed by atoms with van der Waals surface area (Å²) in [7, 11) is 3.29. The van der Waals surface area contributed by atoms with Gasteiger partial charge in [-0.3, -0.25) is 4.79 Å². The van der Waals surface area contributed by atoms with E-state index in [-0.39, 0.29) is 11.9 Å². The third-order valence-corrected chi connectivity index (χ3v) is 5.29. The van der Waals surface area contributed by atoms with Crippen molar-refractivity contribution in [2.75, 3.05) is 14.2 Å². The molecule has 1 atom stereocenters. The smallest absolute Gasteiger partial charge is 0.252 e. The average molecular weight is 430 g/mol. The van der Waals surface area contributed by atoms with E-state index >= 15 is 0 Å². The van der Waals surface area contributed by atoms with Gasteiger partial charge in [-0.25, -0.2) is 0 Å². The number of methoxy groups -OCH3 is 2. The predicted molar refractivity (Wildman–Crippen MR) is 131 cm³/mol. The second-order valence-electron chi connectivity index (χ2n) is 8.13. The van der Waals surface area contributed by atoms with Crippen molar-refractivity contribution in [3.05, 3.63) is 95.6 Å². The fourth-order valence-corrected chi connectivity index (χ4v) is 3.59. The SMILES string of the molecule is COc1ccc(/C=C(/C(=O)NC(CC(C)C)c2ccc(OC)cc2)c2ccccc2)cc1. The van der Waals surface area contributed by atoms with Gasteiger partial charge in [0.25, 0.3) is 5.91 Å². The summed E-state index contributed by atoms with van der Waals surface area (Å²) in [6, 6.07) is 25.2. The highest BCUT2D eigenvalue weighted by Gasteiger charge is 2.20. The fourth-order valence-electron chi connectivity index (χ4n) is 3.59. The van der Waals surface area contributed by atoms with Gasteiger partial charge in [0.2, 0.25) is 0 Å².